The molecule has 1 saturated heterocycles. The van der Waals surface area contributed by atoms with Crippen molar-refractivity contribution in [2.75, 3.05) is 32.2 Å². The second-order valence-corrected chi connectivity index (χ2v) is 8.44. The number of halogens is 1. The second kappa shape index (κ2) is 9.02. The number of thiophene rings is 1. The molecule has 1 aliphatic rings. The first-order valence-corrected chi connectivity index (χ1v) is 10.8. The van der Waals surface area contributed by atoms with E-state index in [1.807, 2.05) is 30.3 Å². The van der Waals surface area contributed by atoms with E-state index in [0.29, 0.717) is 22.4 Å². The van der Waals surface area contributed by atoms with Gasteiger partial charge in [0.05, 0.1) is 24.3 Å². The molecular weight excluding hydrogens is 403 g/mol. The predicted octanol–water partition coefficient (Wildman–Crippen LogP) is 4.59. The van der Waals surface area contributed by atoms with Gasteiger partial charge in [0.1, 0.15) is 11.6 Å². The SMILES string of the molecule is COCc1c(C(=O)NC2CCCN(c3ccccc3OC)C2)sc2cccc(F)c12. The number of amides is 1. The van der Waals surface area contributed by atoms with E-state index in [4.69, 9.17) is 9.47 Å². The Kier molecular flexibility index (Phi) is 6.20. The normalized spacial score (nSPS) is 16.6. The van der Waals surface area contributed by atoms with Gasteiger partial charge < -0.3 is 19.7 Å². The van der Waals surface area contributed by atoms with Gasteiger partial charge in [-0.1, -0.05) is 18.2 Å². The molecule has 3 aromatic rings. The van der Waals surface area contributed by atoms with E-state index in [9.17, 15) is 9.18 Å². The molecule has 0 saturated carbocycles. The molecule has 1 atom stereocenters. The summed E-state index contributed by atoms with van der Waals surface area (Å²) in [5.41, 5.74) is 1.65. The number of nitrogens with zero attached hydrogens (tertiary/aromatic N) is 1. The van der Waals surface area contributed by atoms with Crippen LogP contribution in [0.4, 0.5) is 10.1 Å². The Morgan fingerprint density at radius 3 is 2.87 bits per heavy atom. The van der Waals surface area contributed by atoms with Crippen molar-refractivity contribution >= 4 is 33.0 Å². The zero-order valence-corrected chi connectivity index (χ0v) is 17.9. The van der Waals surface area contributed by atoms with Gasteiger partial charge in [-0.3, -0.25) is 4.79 Å². The molecule has 0 radical (unpaired) electrons. The Labute approximate surface area is 179 Å². The van der Waals surface area contributed by atoms with Crippen LogP contribution in [0.5, 0.6) is 5.75 Å². The summed E-state index contributed by atoms with van der Waals surface area (Å²) in [6, 6.07) is 12.8. The molecule has 7 heteroatoms. The number of methoxy groups -OCH3 is 2. The van der Waals surface area contributed by atoms with Crippen molar-refractivity contribution in [1.29, 1.82) is 0 Å². The maximum absolute atomic E-state index is 14.4. The van der Waals surface area contributed by atoms with Crippen LogP contribution in [-0.2, 0) is 11.3 Å². The highest BCUT2D eigenvalue weighted by molar-refractivity contribution is 7.21. The van der Waals surface area contributed by atoms with Gasteiger partial charge in [0, 0.05) is 41.9 Å². The van der Waals surface area contributed by atoms with Gasteiger partial charge in [0.15, 0.2) is 0 Å². The lowest BCUT2D eigenvalue weighted by atomic mass is 10.0. The van der Waals surface area contributed by atoms with E-state index in [0.717, 1.165) is 35.5 Å². The van der Waals surface area contributed by atoms with Gasteiger partial charge in [0.2, 0.25) is 0 Å². The molecule has 1 unspecified atom stereocenters. The monoisotopic (exact) mass is 428 g/mol. The number of para-hydroxylation sites is 2. The fourth-order valence-corrected chi connectivity index (χ4v) is 5.21. The average Bonchev–Trinajstić information content (AvgIpc) is 3.14. The molecule has 2 aromatic carbocycles. The molecule has 2 heterocycles. The van der Waals surface area contributed by atoms with Crippen molar-refractivity contribution in [1.82, 2.24) is 5.32 Å². The molecule has 1 amide bonds. The van der Waals surface area contributed by atoms with Crippen molar-refractivity contribution in [3.05, 3.63) is 58.7 Å². The summed E-state index contributed by atoms with van der Waals surface area (Å²) in [6.45, 7) is 1.81. The molecule has 1 fully saturated rings. The van der Waals surface area contributed by atoms with Crippen molar-refractivity contribution in [3.63, 3.8) is 0 Å². The topological polar surface area (TPSA) is 50.8 Å². The maximum Gasteiger partial charge on any atom is 0.262 e. The fraction of sp³-hybridized carbons (Fsp3) is 0.348. The third-order valence-corrected chi connectivity index (χ3v) is 6.64. The molecule has 4 rings (SSSR count). The van der Waals surface area contributed by atoms with Gasteiger partial charge in [-0.25, -0.2) is 4.39 Å². The van der Waals surface area contributed by atoms with Crippen LogP contribution in [0, 0.1) is 5.82 Å². The summed E-state index contributed by atoms with van der Waals surface area (Å²) < 4.78 is 25.9. The second-order valence-electron chi connectivity index (χ2n) is 7.39. The summed E-state index contributed by atoms with van der Waals surface area (Å²) in [4.78, 5) is 15.9. The Morgan fingerprint density at radius 1 is 1.23 bits per heavy atom. The van der Waals surface area contributed by atoms with Gasteiger partial charge in [-0.15, -0.1) is 11.3 Å². The summed E-state index contributed by atoms with van der Waals surface area (Å²) >= 11 is 1.31. The highest BCUT2D eigenvalue weighted by Gasteiger charge is 2.26. The minimum absolute atomic E-state index is 0.00150. The number of fused-ring (bicyclic) bond motifs is 1. The number of carbonyl (C=O) groups is 1. The Morgan fingerprint density at radius 2 is 2.07 bits per heavy atom. The lowest BCUT2D eigenvalue weighted by Crippen LogP contribution is -2.47. The van der Waals surface area contributed by atoms with E-state index in [1.54, 1.807) is 20.3 Å². The van der Waals surface area contributed by atoms with E-state index in [-0.39, 0.29) is 24.4 Å². The van der Waals surface area contributed by atoms with E-state index < -0.39 is 0 Å². The summed E-state index contributed by atoms with van der Waals surface area (Å²) in [5, 5.41) is 3.64. The van der Waals surface area contributed by atoms with Crippen LogP contribution in [0.2, 0.25) is 0 Å². The first-order chi connectivity index (χ1) is 14.6. The van der Waals surface area contributed by atoms with Gasteiger partial charge >= 0.3 is 0 Å². The van der Waals surface area contributed by atoms with Crippen LogP contribution >= 0.6 is 11.3 Å². The van der Waals surface area contributed by atoms with Gasteiger partial charge in [-0.2, -0.15) is 0 Å². The van der Waals surface area contributed by atoms with Crippen molar-refractivity contribution in [2.24, 2.45) is 0 Å². The smallest absolute Gasteiger partial charge is 0.262 e. The standard InChI is InChI=1S/C23H25FN2O3S/c1-28-14-16-21-17(24)8-5-11-20(21)30-22(16)23(27)25-15-7-6-12-26(13-15)18-9-3-4-10-19(18)29-2/h3-5,8-11,15H,6-7,12-14H2,1-2H3,(H,25,27). The highest BCUT2D eigenvalue weighted by Crippen LogP contribution is 2.34. The zero-order valence-electron chi connectivity index (χ0n) is 17.1. The largest absolute Gasteiger partial charge is 0.495 e. The Hall–Kier alpha value is -2.64. The number of anilines is 1. The predicted molar refractivity (Wildman–Crippen MR) is 118 cm³/mol. The molecule has 0 aliphatic carbocycles. The minimum Gasteiger partial charge on any atom is -0.495 e. The first kappa shape index (κ1) is 20.6. The Bertz CT molecular complexity index is 1050. The lowest BCUT2D eigenvalue weighted by Gasteiger charge is -2.35. The molecular formula is C23H25FN2O3S. The van der Waals surface area contributed by atoms with Gasteiger partial charge in [-0.05, 0) is 37.1 Å². The van der Waals surface area contributed by atoms with Crippen LogP contribution in [-0.4, -0.2) is 39.3 Å². The van der Waals surface area contributed by atoms with Crippen LogP contribution in [0.25, 0.3) is 10.1 Å². The number of hydrogen-bond acceptors (Lipinski definition) is 5. The van der Waals surface area contributed by atoms with Gasteiger partial charge in [0.25, 0.3) is 5.91 Å². The summed E-state index contributed by atoms with van der Waals surface area (Å²) in [7, 11) is 3.22. The third kappa shape index (κ3) is 4.00. The summed E-state index contributed by atoms with van der Waals surface area (Å²) in [6.07, 6.45) is 1.87. The molecule has 1 aromatic heterocycles. The van der Waals surface area contributed by atoms with E-state index in [2.05, 4.69) is 10.2 Å². The quantitative estimate of drug-likeness (QED) is 0.624. The van der Waals surface area contributed by atoms with E-state index >= 15 is 0 Å². The number of carbonyl (C=O) groups excluding carboxylic acids is 1. The maximum atomic E-state index is 14.4. The minimum atomic E-state index is -0.324. The molecule has 1 aliphatic heterocycles. The Balaban J connectivity index is 1.55. The molecule has 5 nitrogen and oxygen atoms in total. The molecule has 1 N–H and O–H groups in total. The molecule has 30 heavy (non-hydrogen) atoms. The lowest BCUT2D eigenvalue weighted by molar-refractivity contribution is 0.0933. The number of hydrogen-bond donors (Lipinski definition) is 1. The van der Waals surface area contributed by atoms with Crippen molar-refractivity contribution < 1.29 is 18.7 Å². The summed E-state index contributed by atoms with van der Waals surface area (Å²) in [5.74, 6) is 0.330. The fourth-order valence-electron chi connectivity index (χ4n) is 4.09. The van der Waals surface area contributed by atoms with Crippen LogP contribution in [0.15, 0.2) is 42.5 Å². The van der Waals surface area contributed by atoms with Crippen LogP contribution < -0.4 is 15.0 Å². The number of nitrogens with one attached hydrogen (secondary N) is 1. The average molecular weight is 429 g/mol. The zero-order chi connectivity index (χ0) is 21.1. The molecule has 0 spiro atoms. The third-order valence-electron chi connectivity index (χ3n) is 5.44. The van der Waals surface area contributed by atoms with Crippen molar-refractivity contribution in [3.8, 4) is 5.75 Å². The number of benzene rings is 2. The first-order valence-electron chi connectivity index (χ1n) is 10.00. The van der Waals surface area contributed by atoms with E-state index in [1.165, 1.54) is 17.4 Å². The number of ether oxygens (including phenoxy) is 2. The van der Waals surface area contributed by atoms with Crippen molar-refractivity contribution in [2.45, 2.75) is 25.5 Å². The number of piperidine rings is 1. The molecule has 158 valence electrons. The van der Waals surface area contributed by atoms with Crippen LogP contribution in [0.3, 0.4) is 0 Å². The highest BCUT2D eigenvalue weighted by atomic mass is 32.1. The number of rotatable bonds is 6. The molecule has 0 bridgehead atoms. The van der Waals surface area contributed by atoms with Crippen LogP contribution in [0.1, 0.15) is 28.1 Å².